The molecule has 1 fully saturated rings. The number of hydrogen-bond donors (Lipinski definition) is 1. The van der Waals surface area contributed by atoms with Gasteiger partial charge in [0.05, 0.1) is 0 Å². The van der Waals surface area contributed by atoms with Crippen molar-refractivity contribution in [2.24, 2.45) is 5.92 Å². The second kappa shape index (κ2) is 8.90. The number of piperidine rings is 1. The van der Waals surface area contributed by atoms with Gasteiger partial charge in [0.25, 0.3) is 0 Å². The van der Waals surface area contributed by atoms with E-state index < -0.39 is 0 Å². The lowest BCUT2D eigenvalue weighted by Gasteiger charge is -2.32. The van der Waals surface area contributed by atoms with E-state index in [1.807, 2.05) is 54.3 Å². The Morgan fingerprint density at radius 1 is 1.19 bits per heavy atom. The van der Waals surface area contributed by atoms with Gasteiger partial charge in [-0.2, -0.15) is 4.98 Å². The van der Waals surface area contributed by atoms with Crippen LogP contribution in [0.3, 0.4) is 0 Å². The molecule has 5 rings (SSSR count). The maximum Gasteiger partial charge on any atom is 0.317 e. The molecular weight excluding hydrogens is 408 g/mol. The molecule has 1 N–H and O–H groups in total. The van der Waals surface area contributed by atoms with Crippen molar-refractivity contribution in [1.82, 2.24) is 20.4 Å². The van der Waals surface area contributed by atoms with Crippen molar-refractivity contribution in [2.45, 2.75) is 32.7 Å². The number of rotatable bonds is 5. The number of carbonyl (C=O) groups excluding carboxylic acids is 1. The van der Waals surface area contributed by atoms with Gasteiger partial charge in [0.1, 0.15) is 0 Å². The average Bonchev–Trinajstić information content (AvgIpc) is 3.47. The van der Waals surface area contributed by atoms with Crippen molar-refractivity contribution in [2.75, 3.05) is 19.9 Å². The Morgan fingerprint density at radius 3 is 2.97 bits per heavy atom. The van der Waals surface area contributed by atoms with Crippen LogP contribution in [0.4, 0.5) is 4.79 Å². The second-order valence-electron chi connectivity index (χ2n) is 8.33. The second-order valence-corrected chi connectivity index (χ2v) is 8.33. The van der Waals surface area contributed by atoms with E-state index in [4.69, 9.17) is 14.0 Å². The molecular formula is C24H26N4O4. The number of likely N-dealkylation sites (tertiary alicyclic amines) is 1. The van der Waals surface area contributed by atoms with E-state index in [-0.39, 0.29) is 12.8 Å². The van der Waals surface area contributed by atoms with Crippen LogP contribution in [-0.4, -0.2) is 41.0 Å². The molecule has 32 heavy (non-hydrogen) atoms. The Labute approximate surface area is 186 Å². The van der Waals surface area contributed by atoms with Crippen molar-refractivity contribution in [3.63, 3.8) is 0 Å². The Morgan fingerprint density at radius 2 is 2.06 bits per heavy atom. The summed E-state index contributed by atoms with van der Waals surface area (Å²) in [6.07, 6.45) is 2.67. The van der Waals surface area contributed by atoms with Gasteiger partial charge in [0, 0.05) is 31.6 Å². The molecule has 0 spiro atoms. The van der Waals surface area contributed by atoms with Crippen LogP contribution in [-0.2, 0) is 13.0 Å². The molecule has 0 saturated carbocycles. The molecule has 2 aromatic carbocycles. The van der Waals surface area contributed by atoms with Gasteiger partial charge in [-0.05, 0) is 48.9 Å². The zero-order valence-electron chi connectivity index (χ0n) is 18.0. The first-order valence-corrected chi connectivity index (χ1v) is 11.0. The molecule has 2 amide bonds. The molecule has 0 unspecified atom stereocenters. The summed E-state index contributed by atoms with van der Waals surface area (Å²) in [5, 5.41) is 7.17. The predicted molar refractivity (Wildman–Crippen MR) is 117 cm³/mol. The van der Waals surface area contributed by atoms with E-state index >= 15 is 0 Å². The highest BCUT2D eigenvalue weighted by molar-refractivity contribution is 5.74. The monoisotopic (exact) mass is 434 g/mol. The Bertz CT molecular complexity index is 1110. The van der Waals surface area contributed by atoms with Gasteiger partial charge in [0.2, 0.25) is 18.5 Å². The number of nitrogens with zero attached hydrogens (tertiary/aromatic N) is 3. The van der Waals surface area contributed by atoms with Gasteiger partial charge in [-0.15, -0.1) is 0 Å². The molecule has 8 heteroatoms. The third-order valence-electron chi connectivity index (χ3n) is 6.00. The van der Waals surface area contributed by atoms with Crippen molar-refractivity contribution < 1.29 is 18.8 Å². The summed E-state index contributed by atoms with van der Waals surface area (Å²) in [6.45, 7) is 4.15. The van der Waals surface area contributed by atoms with Crippen LogP contribution in [0.1, 0.15) is 29.9 Å². The number of aromatic nitrogens is 2. The van der Waals surface area contributed by atoms with E-state index in [2.05, 4.69) is 15.5 Å². The van der Waals surface area contributed by atoms with Crippen LogP contribution in [0, 0.1) is 12.8 Å². The van der Waals surface area contributed by atoms with E-state index in [0.717, 1.165) is 47.6 Å². The van der Waals surface area contributed by atoms with Crippen LogP contribution < -0.4 is 14.8 Å². The topological polar surface area (TPSA) is 89.7 Å². The van der Waals surface area contributed by atoms with E-state index in [1.165, 1.54) is 0 Å². The Kier molecular flexibility index (Phi) is 5.66. The zero-order valence-corrected chi connectivity index (χ0v) is 18.0. The molecule has 3 heterocycles. The summed E-state index contributed by atoms with van der Waals surface area (Å²) in [7, 11) is 0. The highest BCUT2D eigenvalue weighted by atomic mass is 16.7. The standard InChI is InChI=1S/C24H26N4O4/c1-16-5-2-3-7-19(16)23-26-22(32-27-23)12-18-6-4-10-28(14-18)24(29)25-13-17-8-9-20-21(11-17)31-15-30-20/h2-3,5,7-9,11,18H,4,6,10,12-15H2,1H3,(H,25,29)/t18-/m0/s1. The fourth-order valence-corrected chi connectivity index (χ4v) is 4.27. The van der Waals surface area contributed by atoms with Crippen LogP contribution in [0.15, 0.2) is 47.0 Å². The summed E-state index contributed by atoms with van der Waals surface area (Å²) < 4.78 is 16.2. The number of aryl methyl sites for hydroxylation is 1. The lowest BCUT2D eigenvalue weighted by atomic mass is 9.95. The average molecular weight is 434 g/mol. The Hall–Kier alpha value is -3.55. The molecule has 1 atom stereocenters. The number of fused-ring (bicyclic) bond motifs is 1. The van der Waals surface area contributed by atoms with Gasteiger partial charge in [0.15, 0.2) is 11.5 Å². The molecule has 166 valence electrons. The third kappa shape index (κ3) is 4.39. The molecule has 8 nitrogen and oxygen atoms in total. The Balaban J connectivity index is 1.16. The number of hydrogen-bond acceptors (Lipinski definition) is 6. The highest BCUT2D eigenvalue weighted by Gasteiger charge is 2.26. The maximum atomic E-state index is 12.7. The lowest BCUT2D eigenvalue weighted by molar-refractivity contribution is 0.161. The van der Waals surface area contributed by atoms with Crippen molar-refractivity contribution >= 4 is 6.03 Å². The first kappa shape index (κ1) is 20.4. The van der Waals surface area contributed by atoms with Gasteiger partial charge in [-0.1, -0.05) is 35.5 Å². The van der Waals surface area contributed by atoms with E-state index in [0.29, 0.717) is 37.1 Å². The van der Waals surface area contributed by atoms with Crippen LogP contribution in [0.25, 0.3) is 11.4 Å². The summed E-state index contributed by atoms with van der Waals surface area (Å²) in [5.74, 6) is 3.00. The molecule has 2 aliphatic heterocycles. The van der Waals surface area contributed by atoms with Gasteiger partial charge in [-0.3, -0.25) is 0 Å². The van der Waals surface area contributed by atoms with Crippen LogP contribution >= 0.6 is 0 Å². The third-order valence-corrected chi connectivity index (χ3v) is 6.00. The molecule has 2 aliphatic rings. The van der Waals surface area contributed by atoms with Gasteiger partial charge >= 0.3 is 6.03 Å². The minimum atomic E-state index is -0.0569. The van der Waals surface area contributed by atoms with E-state index in [9.17, 15) is 4.79 Å². The number of carbonyl (C=O) groups is 1. The summed E-state index contributed by atoms with van der Waals surface area (Å²) in [6, 6.07) is 13.7. The first-order chi connectivity index (χ1) is 15.7. The number of urea groups is 1. The quantitative estimate of drug-likeness (QED) is 0.654. The minimum Gasteiger partial charge on any atom is -0.454 e. The lowest BCUT2D eigenvalue weighted by Crippen LogP contribution is -2.45. The molecule has 0 aliphatic carbocycles. The zero-order chi connectivity index (χ0) is 21.9. The largest absolute Gasteiger partial charge is 0.454 e. The molecule has 3 aromatic rings. The van der Waals surface area contributed by atoms with Crippen molar-refractivity contribution in [3.05, 3.63) is 59.5 Å². The fraction of sp³-hybridized carbons (Fsp3) is 0.375. The SMILES string of the molecule is Cc1ccccc1-c1noc(C[C@@H]2CCCN(C(=O)NCc3ccc4c(c3)OCO4)C2)n1. The molecule has 1 aromatic heterocycles. The summed E-state index contributed by atoms with van der Waals surface area (Å²) in [4.78, 5) is 19.2. The van der Waals surface area contributed by atoms with Crippen LogP contribution in [0.5, 0.6) is 11.5 Å². The van der Waals surface area contributed by atoms with E-state index in [1.54, 1.807) is 0 Å². The van der Waals surface area contributed by atoms with Crippen molar-refractivity contribution in [3.8, 4) is 22.9 Å². The smallest absolute Gasteiger partial charge is 0.317 e. The summed E-state index contributed by atoms with van der Waals surface area (Å²) >= 11 is 0. The number of amides is 2. The number of nitrogens with one attached hydrogen (secondary N) is 1. The predicted octanol–water partition coefficient (Wildman–Crippen LogP) is 3.94. The molecule has 0 bridgehead atoms. The summed E-state index contributed by atoms with van der Waals surface area (Å²) in [5.41, 5.74) is 3.07. The first-order valence-electron chi connectivity index (χ1n) is 11.0. The maximum absolute atomic E-state index is 12.7. The molecule has 1 saturated heterocycles. The van der Waals surface area contributed by atoms with Crippen LogP contribution in [0.2, 0.25) is 0 Å². The van der Waals surface area contributed by atoms with Gasteiger partial charge < -0.3 is 24.2 Å². The van der Waals surface area contributed by atoms with Crippen molar-refractivity contribution in [1.29, 1.82) is 0 Å². The number of ether oxygens (including phenoxy) is 2. The van der Waals surface area contributed by atoms with Gasteiger partial charge in [-0.25, -0.2) is 4.79 Å². The number of benzene rings is 2. The minimum absolute atomic E-state index is 0.0569. The highest BCUT2D eigenvalue weighted by Crippen LogP contribution is 2.32. The normalized spacial score (nSPS) is 17.4. The molecule has 0 radical (unpaired) electrons. The fourth-order valence-electron chi connectivity index (χ4n) is 4.27.